The van der Waals surface area contributed by atoms with Crippen LogP contribution in [0.25, 0.3) is 22.1 Å². The zero-order valence-corrected chi connectivity index (χ0v) is 23.8. The van der Waals surface area contributed by atoms with Crippen LogP contribution in [0.3, 0.4) is 0 Å². The van der Waals surface area contributed by atoms with Gasteiger partial charge in [0.25, 0.3) is 0 Å². The maximum Gasteiger partial charge on any atom is 0.234 e. The molecule has 8 heteroatoms. The number of amides is 1. The Morgan fingerprint density at radius 2 is 1.82 bits per heavy atom. The molecule has 2 aromatic carbocycles. The van der Waals surface area contributed by atoms with Crippen molar-refractivity contribution < 1.29 is 13.9 Å². The van der Waals surface area contributed by atoms with Gasteiger partial charge >= 0.3 is 0 Å². The van der Waals surface area contributed by atoms with Gasteiger partial charge in [-0.05, 0) is 73.5 Å². The molecule has 6 nitrogen and oxygen atoms in total. The predicted molar refractivity (Wildman–Crippen MR) is 160 cm³/mol. The molecule has 3 heterocycles. The highest BCUT2D eigenvalue weighted by atomic mass is 35.5. The summed E-state index contributed by atoms with van der Waals surface area (Å²) in [4.78, 5) is 18.3. The number of ether oxygens (including phenoxy) is 1. The average Bonchev–Trinajstić information content (AvgIpc) is 3.62. The van der Waals surface area contributed by atoms with Crippen molar-refractivity contribution in [2.45, 2.75) is 25.7 Å². The Morgan fingerprint density at radius 1 is 1.00 bits per heavy atom. The Hall–Kier alpha value is -2.84. The molecule has 5 rings (SSSR count). The Kier molecular flexibility index (Phi) is 9.94. The van der Waals surface area contributed by atoms with Crippen molar-refractivity contribution in [2.24, 2.45) is 0 Å². The highest BCUT2D eigenvalue weighted by Gasteiger charge is 2.18. The molecule has 0 saturated carbocycles. The van der Waals surface area contributed by atoms with E-state index < -0.39 is 0 Å². The maximum atomic E-state index is 12.2. The van der Waals surface area contributed by atoms with Gasteiger partial charge in [0.15, 0.2) is 0 Å². The lowest BCUT2D eigenvalue weighted by molar-refractivity contribution is -0.122. The van der Waals surface area contributed by atoms with Crippen LogP contribution in [0.2, 0.25) is 5.02 Å². The van der Waals surface area contributed by atoms with Crippen LogP contribution in [-0.2, 0) is 11.2 Å². The second-order valence-electron chi connectivity index (χ2n) is 10.0. The Labute approximate surface area is 239 Å². The minimum absolute atomic E-state index is 0.133. The summed E-state index contributed by atoms with van der Waals surface area (Å²) >= 11 is 7.76. The highest BCUT2D eigenvalue weighted by molar-refractivity contribution is 7.09. The SMILES string of the molecule is O=C(CN1CCN(CCCCCOc2ccc3c(-c4ccc(Cl)cc4)coc3c2)CC1)NCCc1cccs1. The van der Waals surface area contributed by atoms with Gasteiger partial charge in [-0.1, -0.05) is 29.8 Å². The fraction of sp³-hybridized carbons (Fsp3) is 0.387. The van der Waals surface area contributed by atoms with E-state index in [1.807, 2.05) is 36.4 Å². The number of piperazine rings is 1. The Morgan fingerprint density at radius 3 is 2.62 bits per heavy atom. The number of unbranched alkanes of at least 4 members (excludes halogenated alkanes) is 2. The van der Waals surface area contributed by atoms with E-state index in [9.17, 15) is 4.79 Å². The van der Waals surface area contributed by atoms with Gasteiger partial charge in [0.05, 0.1) is 19.4 Å². The van der Waals surface area contributed by atoms with E-state index >= 15 is 0 Å². The zero-order valence-electron chi connectivity index (χ0n) is 22.2. The first kappa shape index (κ1) is 27.7. The molecule has 0 bridgehead atoms. The van der Waals surface area contributed by atoms with Gasteiger partial charge in [-0.3, -0.25) is 9.69 Å². The minimum atomic E-state index is 0.133. The van der Waals surface area contributed by atoms with E-state index in [0.717, 1.165) is 91.3 Å². The van der Waals surface area contributed by atoms with Crippen LogP contribution in [0.1, 0.15) is 24.1 Å². The number of rotatable bonds is 13. The largest absolute Gasteiger partial charge is 0.493 e. The minimum Gasteiger partial charge on any atom is -0.493 e. The Balaban J connectivity index is 0.935. The van der Waals surface area contributed by atoms with E-state index in [4.69, 9.17) is 20.8 Å². The molecule has 0 unspecified atom stereocenters. The van der Waals surface area contributed by atoms with E-state index in [-0.39, 0.29) is 5.91 Å². The van der Waals surface area contributed by atoms with Crippen molar-refractivity contribution in [3.05, 3.63) is 76.1 Å². The number of benzene rings is 2. The van der Waals surface area contributed by atoms with Crippen LogP contribution in [0, 0.1) is 0 Å². The number of furan rings is 1. The molecule has 4 aromatic rings. The van der Waals surface area contributed by atoms with Gasteiger partial charge in [0.1, 0.15) is 11.3 Å². The summed E-state index contributed by atoms with van der Waals surface area (Å²) in [6.45, 7) is 6.99. The second kappa shape index (κ2) is 14.0. The zero-order chi connectivity index (χ0) is 26.9. The normalized spacial score (nSPS) is 14.6. The third kappa shape index (κ3) is 8.08. The van der Waals surface area contributed by atoms with Crippen molar-refractivity contribution in [1.29, 1.82) is 0 Å². The van der Waals surface area contributed by atoms with Crippen molar-refractivity contribution in [3.8, 4) is 16.9 Å². The summed E-state index contributed by atoms with van der Waals surface area (Å²) in [5.41, 5.74) is 2.97. The molecule has 1 N–H and O–H groups in total. The van der Waals surface area contributed by atoms with Crippen LogP contribution in [0.15, 0.2) is 70.7 Å². The van der Waals surface area contributed by atoms with Crippen LogP contribution in [0.5, 0.6) is 5.75 Å². The van der Waals surface area contributed by atoms with Gasteiger partial charge in [-0.15, -0.1) is 11.3 Å². The first-order chi connectivity index (χ1) is 19.1. The van der Waals surface area contributed by atoms with Crippen molar-refractivity contribution >= 4 is 39.8 Å². The van der Waals surface area contributed by atoms with Gasteiger partial charge in [0, 0.05) is 59.6 Å². The van der Waals surface area contributed by atoms with Gasteiger partial charge < -0.3 is 19.4 Å². The van der Waals surface area contributed by atoms with Gasteiger partial charge in [-0.25, -0.2) is 0 Å². The monoisotopic (exact) mass is 565 g/mol. The summed E-state index contributed by atoms with van der Waals surface area (Å²) < 4.78 is 11.8. The summed E-state index contributed by atoms with van der Waals surface area (Å²) in [5, 5.41) is 6.92. The number of nitrogens with zero attached hydrogens (tertiary/aromatic N) is 2. The topological polar surface area (TPSA) is 58.0 Å². The number of nitrogens with one attached hydrogen (secondary N) is 1. The van der Waals surface area contributed by atoms with Crippen LogP contribution in [-0.4, -0.2) is 68.1 Å². The fourth-order valence-electron chi connectivity index (χ4n) is 4.97. The van der Waals surface area contributed by atoms with Gasteiger partial charge in [-0.2, -0.15) is 0 Å². The van der Waals surface area contributed by atoms with E-state index in [2.05, 4.69) is 38.7 Å². The molecule has 0 aliphatic carbocycles. The van der Waals surface area contributed by atoms with Crippen LogP contribution >= 0.6 is 22.9 Å². The lowest BCUT2D eigenvalue weighted by Crippen LogP contribution is -2.49. The average molecular weight is 566 g/mol. The molecule has 1 aliphatic heterocycles. The quantitative estimate of drug-likeness (QED) is 0.192. The molecule has 0 spiro atoms. The number of thiophene rings is 1. The molecule has 1 saturated heterocycles. The molecule has 2 aromatic heterocycles. The summed E-state index contributed by atoms with van der Waals surface area (Å²) in [6, 6.07) is 18.0. The number of hydrogen-bond donors (Lipinski definition) is 1. The molecule has 0 atom stereocenters. The third-order valence-corrected chi connectivity index (χ3v) is 8.38. The summed E-state index contributed by atoms with van der Waals surface area (Å²) in [5.74, 6) is 0.972. The predicted octanol–water partition coefficient (Wildman–Crippen LogP) is 6.34. The van der Waals surface area contributed by atoms with E-state index in [1.54, 1.807) is 17.6 Å². The standard InChI is InChI=1S/C31H36ClN3O3S/c32-25-8-6-24(7-9-25)29-23-38-30-21-26(10-11-28(29)30)37-19-3-1-2-14-34-15-17-35(18-16-34)22-31(36)33-13-12-27-5-4-20-39-27/h4-11,20-21,23H,1-3,12-19,22H2,(H,33,36). The van der Waals surface area contributed by atoms with Gasteiger partial charge in [0.2, 0.25) is 5.91 Å². The highest BCUT2D eigenvalue weighted by Crippen LogP contribution is 2.33. The van der Waals surface area contributed by atoms with E-state index in [0.29, 0.717) is 19.7 Å². The van der Waals surface area contributed by atoms with Crippen molar-refractivity contribution in [1.82, 2.24) is 15.1 Å². The molecular formula is C31H36ClN3O3S. The molecule has 0 radical (unpaired) electrons. The summed E-state index contributed by atoms with van der Waals surface area (Å²) in [7, 11) is 0. The number of fused-ring (bicyclic) bond motifs is 1. The summed E-state index contributed by atoms with van der Waals surface area (Å²) in [6.07, 6.45) is 6.02. The smallest absolute Gasteiger partial charge is 0.234 e. The Bertz CT molecular complexity index is 1310. The fourth-order valence-corrected chi connectivity index (χ4v) is 5.80. The first-order valence-electron chi connectivity index (χ1n) is 13.8. The number of halogens is 1. The number of hydrogen-bond acceptors (Lipinski definition) is 6. The molecule has 1 fully saturated rings. The molecule has 39 heavy (non-hydrogen) atoms. The van der Waals surface area contributed by atoms with Crippen molar-refractivity contribution in [3.63, 3.8) is 0 Å². The molecule has 206 valence electrons. The molecule has 1 aliphatic rings. The first-order valence-corrected chi connectivity index (χ1v) is 15.0. The van der Waals surface area contributed by atoms with Crippen LogP contribution < -0.4 is 10.1 Å². The lowest BCUT2D eigenvalue weighted by atomic mass is 10.0. The lowest BCUT2D eigenvalue weighted by Gasteiger charge is -2.34. The maximum absolute atomic E-state index is 12.2. The van der Waals surface area contributed by atoms with E-state index in [1.165, 1.54) is 4.88 Å². The number of carbonyl (C=O) groups is 1. The molecular weight excluding hydrogens is 530 g/mol. The number of carbonyl (C=O) groups excluding carboxylic acids is 1. The second-order valence-corrected chi connectivity index (χ2v) is 11.5. The van der Waals surface area contributed by atoms with Crippen molar-refractivity contribution in [2.75, 3.05) is 52.4 Å². The molecule has 1 amide bonds. The van der Waals surface area contributed by atoms with Crippen LogP contribution in [0.4, 0.5) is 0 Å². The third-order valence-electron chi connectivity index (χ3n) is 7.20.